The van der Waals surface area contributed by atoms with Gasteiger partial charge in [-0.3, -0.25) is 4.79 Å². The van der Waals surface area contributed by atoms with Gasteiger partial charge >= 0.3 is 0 Å². The zero-order valence-electron chi connectivity index (χ0n) is 8.02. The van der Waals surface area contributed by atoms with Crippen LogP contribution in [0.25, 0.3) is 10.9 Å². The van der Waals surface area contributed by atoms with Crippen LogP contribution in [0.1, 0.15) is 5.56 Å². The van der Waals surface area contributed by atoms with Gasteiger partial charge in [-0.2, -0.15) is 9.71 Å². The van der Waals surface area contributed by atoms with Crippen molar-refractivity contribution in [3.8, 4) is 0 Å². The number of benzene rings is 1. The fourth-order valence-corrected chi connectivity index (χ4v) is 1.49. The highest BCUT2D eigenvalue weighted by Crippen LogP contribution is 2.12. The number of aryl methyl sites for hydroxylation is 1. The summed E-state index contributed by atoms with van der Waals surface area (Å²) in [6, 6.07) is 5.59. The van der Waals surface area contributed by atoms with E-state index in [9.17, 15) is 4.79 Å². The predicted octanol–water partition coefficient (Wildman–Crippen LogP) is 0.763. The summed E-state index contributed by atoms with van der Waals surface area (Å²) >= 11 is 0. The molecule has 1 aromatic heterocycles. The standard InChI is InChI=1S/C10H10N2O2/c1-7-4-3-5-8-9(7)10(13)11-6-12(8)14-2/h3-6H,1-2H3. The molecule has 0 fully saturated rings. The molecule has 0 unspecified atom stereocenters. The van der Waals surface area contributed by atoms with Crippen LogP contribution < -0.4 is 10.4 Å². The van der Waals surface area contributed by atoms with E-state index in [0.29, 0.717) is 5.39 Å². The second-order valence-electron chi connectivity index (χ2n) is 3.03. The first-order chi connectivity index (χ1) is 6.74. The first-order valence-corrected chi connectivity index (χ1v) is 4.25. The Kier molecular flexibility index (Phi) is 1.96. The minimum Gasteiger partial charge on any atom is -0.416 e. The van der Waals surface area contributed by atoms with E-state index >= 15 is 0 Å². The minimum absolute atomic E-state index is 0.216. The van der Waals surface area contributed by atoms with Crippen molar-refractivity contribution in [3.63, 3.8) is 0 Å². The minimum atomic E-state index is -0.216. The molecule has 14 heavy (non-hydrogen) atoms. The molecule has 0 bridgehead atoms. The van der Waals surface area contributed by atoms with Gasteiger partial charge in [0.15, 0.2) is 0 Å². The molecule has 0 N–H and O–H groups in total. The summed E-state index contributed by atoms with van der Waals surface area (Å²) in [6.45, 7) is 1.88. The lowest BCUT2D eigenvalue weighted by Crippen LogP contribution is -2.16. The number of hydrogen-bond acceptors (Lipinski definition) is 3. The molecule has 2 aromatic rings. The number of aromatic nitrogens is 2. The third-order valence-corrected chi connectivity index (χ3v) is 2.18. The van der Waals surface area contributed by atoms with E-state index in [0.717, 1.165) is 11.1 Å². The summed E-state index contributed by atoms with van der Waals surface area (Å²) in [6.07, 6.45) is 1.38. The van der Waals surface area contributed by atoms with Crippen LogP contribution in [0, 0.1) is 6.92 Å². The van der Waals surface area contributed by atoms with Crippen molar-refractivity contribution < 1.29 is 4.84 Å². The molecule has 0 saturated carbocycles. The molecular formula is C10H10N2O2. The summed E-state index contributed by atoms with van der Waals surface area (Å²) in [5, 5.41) is 0.608. The van der Waals surface area contributed by atoms with Gasteiger partial charge in [0, 0.05) is 0 Å². The van der Waals surface area contributed by atoms with Crippen molar-refractivity contribution >= 4 is 10.9 Å². The monoisotopic (exact) mass is 190 g/mol. The van der Waals surface area contributed by atoms with Crippen LogP contribution in [0.2, 0.25) is 0 Å². The van der Waals surface area contributed by atoms with Crippen molar-refractivity contribution in [1.82, 2.24) is 9.71 Å². The summed E-state index contributed by atoms with van der Waals surface area (Å²) in [7, 11) is 1.54. The van der Waals surface area contributed by atoms with Gasteiger partial charge in [0.05, 0.1) is 10.9 Å². The third kappa shape index (κ3) is 1.16. The molecule has 0 saturated heterocycles. The molecule has 4 heteroatoms. The first-order valence-electron chi connectivity index (χ1n) is 4.25. The Labute approximate surface area is 80.7 Å². The lowest BCUT2D eigenvalue weighted by atomic mass is 10.1. The van der Waals surface area contributed by atoms with E-state index < -0.39 is 0 Å². The van der Waals surface area contributed by atoms with Gasteiger partial charge in [0.2, 0.25) is 0 Å². The molecule has 0 atom stereocenters. The van der Waals surface area contributed by atoms with Crippen molar-refractivity contribution in [2.45, 2.75) is 6.92 Å². The van der Waals surface area contributed by atoms with Crippen LogP contribution in [0.5, 0.6) is 0 Å². The summed E-state index contributed by atoms with van der Waals surface area (Å²) in [5.41, 5.74) is 1.44. The average molecular weight is 190 g/mol. The normalized spacial score (nSPS) is 10.4. The zero-order valence-corrected chi connectivity index (χ0v) is 8.02. The van der Waals surface area contributed by atoms with Crippen molar-refractivity contribution in [2.75, 3.05) is 7.11 Å². The molecule has 1 heterocycles. The van der Waals surface area contributed by atoms with E-state index in [1.54, 1.807) is 0 Å². The highest BCUT2D eigenvalue weighted by Gasteiger charge is 2.05. The summed E-state index contributed by atoms with van der Waals surface area (Å²) in [5.74, 6) is 0. The van der Waals surface area contributed by atoms with Crippen molar-refractivity contribution in [1.29, 1.82) is 0 Å². The Morgan fingerprint density at radius 1 is 1.43 bits per heavy atom. The van der Waals surface area contributed by atoms with Gasteiger partial charge in [-0.25, -0.2) is 0 Å². The number of rotatable bonds is 1. The Balaban J connectivity index is 2.99. The molecule has 2 rings (SSSR count). The second kappa shape index (κ2) is 3.14. The Morgan fingerprint density at radius 2 is 2.21 bits per heavy atom. The van der Waals surface area contributed by atoms with Crippen LogP contribution in [-0.4, -0.2) is 16.8 Å². The zero-order chi connectivity index (χ0) is 10.1. The van der Waals surface area contributed by atoms with Gasteiger partial charge in [-0.05, 0) is 18.6 Å². The molecule has 72 valence electrons. The van der Waals surface area contributed by atoms with Gasteiger partial charge in [-0.1, -0.05) is 12.1 Å². The van der Waals surface area contributed by atoms with Crippen LogP contribution in [-0.2, 0) is 0 Å². The van der Waals surface area contributed by atoms with E-state index in [-0.39, 0.29) is 5.56 Å². The first kappa shape index (κ1) is 8.74. The van der Waals surface area contributed by atoms with Crippen LogP contribution in [0.3, 0.4) is 0 Å². The quantitative estimate of drug-likeness (QED) is 0.667. The maximum absolute atomic E-state index is 11.5. The average Bonchev–Trinajstić information content (AvgIpc) is 2.18. The molecule has 0 spiro atoms. The second-order valence-corrected chi connectivity index (χ2v) is 3.03. The topological polar surface area (TPSA) is 44.1 Å². The van der Waals surface area contributed by atoms with Crippen LogP contribution in [0.15, 0.2) is 29.3 Å². The third-order valence-electron chi connectivity index (χ3n) is 2.18. The molecule has 0 aliphatic rings. The highest BCUT2D eigenvalue weighted by atomic mass is 16.6. The maximum Gasteiger partial charge on any atom is 0.281 e. The molecule has 0 radical (unpaired) electrons. The Bertz CT molecular complexity index is 531. The fraction of sp³-hybridized carbons (Fsp3) is 0.200. The Hall–Kier alpha value is -1.84. The van der Waals surface area contributed by atoms with E-state index in [4.69, 9.17) is 4.84 Å². The molecule has 0 aliphatic heterocycles. The van der Waals surface area contributed by atoms with Crippen molar-refractivity contribution in [2.24, 2.45) is 0 Å². The van der Waals surface area contributed by atoms with E-state index in [2.05, 4.69) is 4.98 Å². The van der Waals surface area contributed by atoms with Crippen molar-refractivity contribution in [3.05, 3.63) is 40.4 Å². The van der Waals surface area contributed by atoms with Gasteiger partial charge in [0.25, 0.3) is 5.56 Å². The maximum atomic E-state index is 11.5. The van der Waals surface area contributed by atoms with E-state index in [1.807, 2.05) is 25.1 Å². The number of fused-ring (bicyclic) bond motifs is 1. The molecule has 0 amide bonds. The lowest BCUT2D eigenvalue weighted by Gasteiger charge is -2.07. The number of hydrogen-bond donors (Lipinski definition) is 0. The number of nitrogens with zero attached hydrogens (tertiary/aromatic N) is 2. The summed E-state index contributed by atoms with van der Waals surface area (Å²) < 4.78 is 1.48. The lowest BCUT2D eigenvalue weighted by molar-refractivity contribution is 0.174. The van der Waals surface area contributed by atoms with Crippen LogP contribution in [0.4, 0.5) is 0 Å². The fourth-order valence-electron chi connectivity index (χ4n) is 1.49. The largest absolute Gasteiger partial charge is 0.416 e. The predicted molar refractivity (Wildman–Crippen MR) is 53.2 cm³/mol. The molecular weight excluding hydrogens is 180 g/mol. The molecule has 1 aromatic carbocycles. The van der Waals surface area contributed by atoms with E-state index in [1.165, 1.54) is 18.2 Å². The highest BCUT2D eigenvalue weighted by molar-refractivity contribution is 5.81. The van der Waals surface area contributed by atoms with Gasteiger partial charge in [-0.15, -0.1) is 0 Å². The van der Waals surface area contributed by atoms with Gasteiger partial charge < -0.3 is 4.84 Å². The van der Waals surface area contributed by atoms with Crippen LogP contribution >= 0.6 is 0 Å². The SMILES string of the molecule is COn1cnc(=O)c2c(C)cccc21. The van der Waals surface area contributed by atoms with Gasteiger partial charge in [0.1, 0.15) is 13.4 Å². The smallest absolute Gasteiger partial charge is 0.281 e. The summed E-state index contributed by atoms with van der Waals surface area (Å²) in [4.78, 5) is 20.3. The molecule has 4 nitrogen and oxygen atoms in total. The Morgan fingerprint density at radius 3 is 2.93 bits per heavy atom. The molecule has 0 aliphatic carbocycles.